The van der Waals surface area contributed by atoms with Crippen LogP contribution in [0.4, 0.5) is 0 Å². The summed E-state index contributed by atoms with van der Waals surface area (Å²) in [6.45, 7) is 6.60. The Morgan fingerprint density at radius 2 is 2.14 bits per heavy atom. The summed E-state index contributed by atoms with van der Waals surface area (Å²) in [7, 11) is 2.25. The van der Waals surface area contributed by atoms with Crippen LogP contribution in [-0.2, 0) is 0 Å². The molecule has 0 aromatic heterocycles. The second-order valence-corrected chi connectivity index (χ2v) is 2.10. The molecule has 1 unspecified atom stereocenters. The molecular formula is C6H14B. The quantitative estimate of drug-likeness (QED) is 0.474. The van der Waals surface area contributed by atoms with Gasteiger partial charge in [-0.15, -0.1) is 0 Å². The Balaban J connectivity index is 2.83. The Hall–Kier alpha value is 0.0649. The van der Waals surface area contributed by atoms with Crippen LogP contribution in [0.25, 0.3) is 0 Å². The van der Waals surface area contributed by atoms with Crippen molar-refractivity contribution in [3.8, 4) is 0 Å². The molecule has 0 amide bonds. The number of hydrogen-bond acceptors (Lipinski definition) is 0. The van der Waals surface area contributed by atoms with Crippen molar-refractivity contribution >= 4 is 7.28 Å². The van der Waals surface area contributed by atoms with Crippen LogP contribution in [0.1, 0.15) is 26.7 Å². The van der Waals surface area contributed by atoms with Crippen LogP contribution < -0.4 is 0 Å². The van der Waals surface area contributed by atoms with Gasteiger partial charge in [0, 0.05) is 0 Å². The molecule has 0 saturated heterocycles. The molecule has 1 heteroatoms. The first kappa shape index (κ1) is 7.06. The molecule has 0 spiro atoms. The minimum atomic E-state index is 0.824. The van der Waals surface area contributed by atoms with Crippen molar-refractivity contribution < 1.29 is 0 Å². The summed E-state index contributed by atoms with van der Waals surface area (Å²) in [5, 5.41) is 0. The van der Waals surface area contributed by atoms with Crippen molar-refractivity contribution in [2.45, 2.75) is 39.3 Å². The summed E-state index contributed by atoms with van der Waals surface area (Å²) in [6.07, 6.45) is 2.65. The van der Waals surface area contributed by atoms with Gasteiger partial charge in [-0.05, 0) is 0 Å². The third-order valence-corrected chi connectivity index (χ3v) is 1.31. The smallest absolute Gasteiger partial charge is 0.0917 e. The molecule has 0 heterocycles. The fourth-order valence-electron chi connectivity index (χ4n) is 0.622. The molecule has 0 aliphatic carbocycles. The third-order valence-electron chi connectivity index (χ3n) is 1.31. The number of rotatable bonds is 3. The zero-order valence-corrected chi connectivity index (χ0v) is 5.57. The highest BCUT2D eigenvalue weighted by Crippen LogP contribution is 2.08. The molecule has 0 aromatic rings. The molecule has 0 nitrogen and oxygen atoms in total. The molecule has 0 aromatic carbocycles. The van der Waals surface area contributed by atoms with E-state index < -0.39 is 0 Å². The lowest BCUT2D eigenvalue weighted by atomic mass is 9.66. The van der Waals surface area contributed by atoms with Crippen molar-refractivity contribution in [3.05, 3.63) is 0 Å². The summed E-state index contributed by atoms with van der Waals surface area (Å²) < 4.78 is 0. The Morgan fingerprint density at radius 3 is 2.29 bits per heavy atom. The SMILES string of the molecule is C[B]C(C)CCC. The Morgan fingerprint density at radius 1 is 1.57 bits per heavy atom. The van der Waals surface area contributed by atoms with Crippen molar-refractivity contribution in [1.82, 2.24) is 0 Å². The summed E-state index contributed by atoms with van der Waals surface area (Å²) >= 11 is 0. The second-order valence-electron chi connectivity index (χ2n) is 2.10. The molecule has 0 rings (SSSR count). The Kier molecular flexibility index (Phi) is 4.27. The zero-order valence-electron chi connectivity index (χ0n) is 5.57. The van der Waals surface area contributed by atoms with Gasteiger partial charge in [-0.25, -0.2) is 0 Å². The van der Waals surface area contributed by atoms with E-state index in [0.717, 1.165) is 5.82 Å². The van der Waals surface area contributed by atoms with E-state index in [1.807, 2.05) is 0 Å². The van der Waals surface area contributed by atoms with E-state index >= 15 is 0 Å². The third kappa shape index (κ3) is 3.91. The van der Waals surface area contributed by atoms with E-state index in [9.17, 15) is 0 Å². The van der Waals surface area contributed by atoms with E-state index in [0.29, 0.717) is 0 Å². The standard InChI is InChI=1S/C6H14B/c1-4-5-6(2)7-3/h6H,4-5H2,1-3H3. The Bertz CT molecular complexity index is 35.2. The highest BCUT2D eigenvalue weighted by atomic mass is 13.9. The Labute approximate surface area is 47.6 Å². The van der Waals surface area contributed by atoms with Gasteiger partial charge in [0.05, 0.1) is 0 Å². The van der Waals surface area contributed by atoms with Crippen LogP contribution in [0, 0.1) is 0 Å². The van der Waals surface area contributed by atoms with Crippen molar-refractivity contribution in [1.29, 1.82) is 0 Å². The minimum Gasteiger partial charge on any atom is -0.0917 e. The molecule has 0 fully saturated rings. The van der Waals surface area contributed by atoms with Gasteiger partial charge in [0.25, 0.3) is 0 Å². The predicted octanol–water partition coefficient (Wildman–Crippen LogP) is 2.35. The van der Waals surface area contributed by atoms with Crippen LogP contribution >= 0.6 is 0 Å². The molecule has 0 bridgehead atoms. The van der Waals surface area contributed by atoms with E-state index in [-0.39, 0.29) is 0 Å². The van der Waals surface area contributed by atoms with Crippen LogP contribution in [0.15, 0.2) is 0 Å². The van der Waals surface area contributed by atoms with Gasteiger partial charge in [-0.3, -0.25) is 0 Å². The normalized spacial score (nSPS) is 13.6. The van der Waals surface area contributed by atoms with E-state index in [1.54, 1.807) is 0 Å². The second kappa shape index (κ2) is 4.23. The lowest BCUT2D eigenvalue weighted by molar-refractivity contribution is 0.763. The summed E-state index contributed by atoms with van der Waals surface area (Å²) in [4.78, 5) is 0. The fourth-order valence-corrected chi connectivity index (χ4v) is 0.622. The first-order valence-corrected chi connectivity index (χ1v) is 3.10. The fraction of sp³-hybridized carbons (Fsp3) is 1.00. The maximum absolute atomic E-state index is 2.25. The minimum absolute atomic E-state index is 0.824. The molecule has 0 N–H and O–H groups in total. The molecule has 1 atom stereocenters. The van der Waals surface area contributed by atoms with Crippen LogP contribution in [0.5, 0.6) is 0 Å². The van der Waals surface area contributed by atoms with Gasteiger partial charge >= 0.3 is 0 Å². The topological polar surface area (TPSA) is 0 Å². The lowest BCUT2D eigenvalue weighted by Gasteiger charge is -2.01. The monoisotopic (exact) mass is 97.1 g/mol. The van der Waals surface area contributed by atoms with Crippen LogP contribution in [0.2, 0.25) is 12.6 Å². The highest BCUT2D eigenvalue weighted by Gasteiger charge is 1.94. The first-order chi connectivity index (χ1) is 3.31. The maximum Gasteiger partial charge on any atom is 0.109 e. The predicted molar refractivity (Wildman–Crippen MR) is 35.9 cm³/mol. The van der Waals surface area contributed by atoms with Gasteiger partial charge in [0.2, 0.25) is 0 Å². The van der Waals surface area contributed by atoms with E-state index in [4.69, 9.17) is 0 Å². The zero-order chi connectivity index (χ0) is 5.70. The van der Waals surface area contributed by atoms with Gasteiger partial charge in [-0.1, -0.05) is 39.3 Å². The van der Waals surface area contributed by atoms with Gasteiger partial charge in [0.1, 0.15) is 7.28 Å². The largest absolute Gasteiger partial charge is 0.109 e. The highest BCUT2D eigenvalue weighted by molar-refractivity contribution is 6.35. The summed E-state index contributed by atoms with van der Waals surface area (Å²) in [5.41, 5.74) is 0. The average molecular weight is 97.0 g/mol. The van der Waals surface area contributed by atoms with Crippen LogP contribution in [-0.4, -0.2) is 7.28 Å². The van der Waals surface area contributed by atoms with Crippen molar-refractivity contribution in [3.63, 3.8) is 0 Å². The molecular weight excluding hydrogens is 82.9 g/mol. The average Bonchev–Trinajstić information content (AvgIpc) is 1.68. The van der Waals surface area contributed by atoms with E-state index in [1.165, 1.54) is 12.8 Å². The molecule has 7 heavy (non-hydrogen) atoms. The molecule has 1 radical (unpaired) electrons. The maximum atomic E-state index is 2.25. The molecule has 0 aliphatic heterocycles. The molecule has 0 saturated carbocycles. The first-order valence-electron chi connectivity index (χ1n) is 3.10. The van der Waals surface area contributed by atoms with Gasteiger partial charge in [0.15, 0.2) is 0 Å². The van der Waals surface area contributed by atoms with Crippen molar-refractivity contribution in [2.75, 3.05) is 0 Å². The van der Waals surface area contributed by atoms with Gasteiger partial charge < -0.3 is 0 Å². The van der Waals surface area contributed by atoms with Crippen LogP contribution in [0.3, 0.4) is 0 Å². The number of hydrogen-bond donors (Lipinski definition) is 0. The van der Waals surface area contributed by atoms with E-state index in [2.05, 4.69) is 28.0 Å². The summed E-state index contributed by atoms with van der Waals surface area (Å²) in [6, 6.07) is 0. The lowest BCUT2D eigenvalue weighted by Crippen LogP contribution is -1.91. The molecule has 0 aliphatic rings. The molecule has 41 valence electrons. The summed E-state index contributed by atoms with van der Waals surface area (Å²) in [5.74, 6) is 0.824. The van der Waals surface area contributed by atoms with Gasteiger partial charge in [-0.2, -0.15) is 0 Å². The van der Waals surface area contributed by atoms with Crippen molar-refractivity contribution in [2.24, 2.45) is 0 Å².